The summed E-state index contributed by atoms with van der Waals surface area (Å²) in [7, 11) is 0. The molecule has 2 fully saturated rings. The molecule has 2 bridgehead atoms. The quantitative estimate of drug-likeness (QED) is 0.846. The molecule has 0 radical (unpaired) electrons. The molecule has 2 aromatic rings. The molecular weight excluding hydrogens is 338 g/mol. The number of amides is 1. The number of fused-ring (bicyclic) bond motifs is 2. The Morgan fingerprint density at radius 3 is 2.63 bits per heavy atom. The van der Waals surface area contributed by atoms with E-state index in [9.17, 15) is 4.79 Å². The SMILES string of the molecule is Cc1nc(CCC(=O)NC2C3CCCC2CC(N)C3)oc1-c1ccccc1. The van der Waals surface area contributed by atoms with Crippen molar-refractivity contribution in [2.75, 3.05) is 0 Å². The van der Waals surface area contributed by atoms with E-state index in [0.717, 1.165) is 29.9 Å². The lowest BCUT2D eigenvalue weighted by molar-refractivity contribution is -0.123. The van der Waals surface area contributed by atoms with Gasteiger partial charge in [0.15, 0.2) is 11.7 Å². The summed E-state index contributed by atoms with van der Waals surface area (Å²) in [5.41, 5.74) is 8.07. The van der Waals surface area contributed by atoms with Crippen LogP contribution in [0.3, 0.4) is 0 Å². The largest absolute Gasteiger partial charge is 0.440 e. The highest BCUT2D eigenvalue weighted by Gasteiger charge is 2.39. The van der Waals surface area contributed by atoms with Crippen molar-refractivity contribution in [1.82, 2.24) is 10.3 Å². The molecule has 0 aliphatic heterocycles. The summed E-state index contributed by atoms with van der Waals surface area (Å²) in [5.74, 6) is 2.62. The fourth-order valence-electron chi connectivity index (χ4n) is 4.92. The zero-order valence-corrected chi connectivity index (χ0v) is 16.0. The third-order valence-electron chi connectivity index (χ3n) is 6.15. The first-order valence-electron chi connectivity index (χ1n) is 10.2. The van der Waals surface area contributed by atoms with Crippen molar-refractivity contribution in [3.63, 3.8) is 0 Å². The third kappa shape index (κ3) is 4.08. The van der Waals surface area contributed by atoms with Crippen LogP contribution in [0.4, 0.5) is 0 Å². The molecule has 3 N–H and O–H groups in total. The fraction of sp³-hybridized carbons (Fsp3) is 0.545. The van der Waals surface area contributed by atoms with Gasteiger partial charge in [0.2, 0.25) is 5.91 Å². The molecule has 0 spiro atoms. The van der Waals surface area contributed by atoms with Crippen molar-refractivity contribution in [3.8, 4) is 11.3 Å². The predicted molar refractivity (Wildman–Crippen MR) is 105 cm³/mol. The van der Waals surface area contributed by atoms with Crippen LogP contribution in [0.5, 0.6) is 0 Å². The lowest BCUT2D eigenvalue weighted by Crippen LogP contribution is -2.53. The van der Waals surface area contributed by atoms with Gasteiger partial charge in [-0.15, -0.1) is 0 Å². The van der Waals surface area contributed by atoms with Gasteiger partial charge < -0.3 is 15.5 Å². The molecule has 1 heterocycles. The Morgan fingerprint density at radius 1 is 1.22 bits per heavy atom. The summed E-state index contributed by atoms with van der Waals surface area (Å²) in [6, 6.07) is 10.6. The van der Waals surface area contributed by atoms with E-state index >= 15 is 0 Å². The van der Waals surface area contributed by atoms with Crippen LogP contribution in [0.1, 0.15) is 50.1 Å². The van der Waals surface area contributed by atoms with Crippen molar-refractivity contribution < 1.29 is 9.21 Å². The van der Waals surface area contributed by atoms with Gasteiger partial charge in [-0.3, -0.25) is 4.79 Å². The number of nitrogens with two attached hydrogens (primary N) is 1. The average Bonchev–Trinajstić information content (AvgIpc) is 3.02. The average molecular weight is 367 g/mol. The predicted octanol–water partition coefficient (Wildman–Crippen LogP) is 3.60. The molecule has 5 nitrogen and oxygen atoms in total. The Hall–Kier alpha value is -2.14. The second kappa shape index (κ2) is 7.85. The Labute approximate surface area is 160 Å². The highest BCUT2D eigenvalue weighted by Crippen LogP contribution is 2.39. The Morgan fingerprint density at radius 2 is 1.93 bits per heavy atom. The molecule has 1 aromatic heterocycles. The second-order valence-corrected chi connectivity index (χ2v) is 8.16. The number of aryl methyl sites for hydroxylation is 2. The van der Waals surface area contributed by atoms with E-state index in [-0.39, 0.29) is 5.91 Å². The zero-order valence-electron chi connectivity index (χ0n) is 16.0. The number of carbonyl (C=O) groups is 1. The highest BCUT2D eigenvalue weighted by molar-refractivity contribution is 5.76. The van der Waals surface area contributed by atoms with Crippen molar-refractivity contribution in [2.24, 2.45) is 17.6 Å². The molecule has 2 saturated carbocycles. The molecule has 1 amide bonds. The maximum atomic E-state index is 12.5. The van der Waals surface area contributed by atoms with Crippen LogP contribution in [0.25, 0.3) is 11.3 Å². The molecule has 0 saturated heterocycles. The maximum Gasteiger partial charge on any atom is 0.220 e. The number of aromatic nitrogens is 1. The Bertz CT molecular complexity index is 772. The van der Waals surface area contributed by atoms with Crippen LogP contribution >= 0.6 is 0 Å². The summed E-state index contributed by atoms with van der Waals surface area (Å²) < 4.78 is 5.92. The minimum Gasteiger partial charge on any atom is -0.440 e. The monoisotopic (exact) mass is 367 g/mol. The number of hydrogen-bond acceptors (Lipinski definition) is 4. The van der Waals surface area contributed by atoms with Gasteiger partial charge in [0.05, 0.1) is 5.69 Å². The molecule has 2 aliphatic rings. The third-order valence-corrected chi connectivity index (χ3v) is 6.15. The first-order valence-corrected chi connectivity index (χ1v) is 10.2. The minimum absolute atomic E-state index is 0.101. The van der Waals surface area contributed by atoms with E-state index in [2.05, 4.69) is 10.3 Å². The maximum absolute atomic E-state index is 12.5. The fourth-order valence-corrected chi connectivity index (χ4v) is 4.92. The number of rotatable bonds is 5. The van der Waals surface area contributed by atoms with Crippen LogP contribution in [0, 0.1) is 18.8 Å². The zero-order chi connectivity index (χ0) is 18.8. The van der Waals surface area contributed by atoms with Crippen LogP contribution in [0.15, 0.2) is 34.7 Å². The van der Waals surface area contributed by atoms with Gasteiger partial charge in [-0.05, 0) is 44.4 Å². The summed E-state index contributed by atoms with van der Waals surface area (Å²) >= 11 is 0. The van der Waals surface area contributed by atoms with Gasteiger partial charge in [-0.1, -0.05) is 36.8 Å². The number of oxazole rings is 1. The molecule has 1 aromatic carbocycles. The summed E-state index contributed by atoms with van der Waals surface area (Å²) in [5, 5.41) is 3.30. The van der Waals surface area contributed by atoms with E-state index < -0.39 is 0 Å². The minimum atomic E-state index is 0.101. The molecule has 2 aliphatic carbocycles. The van der Waals surface area contributed by atoms with E-state index in [0.29, 0.717) is 42.7 Å². The molecule has 2 unspecified atom stereocenters. The Kier molecular flexibility index (Phi) is 5.30. The van der Waals surface area contributed by atoms with E-state index in [1.54, 1.807) is 0 Å². The number of carbonyl (C=O) groups excluding carboxylic acids is 1. The number of benzene rings is 1. The lowest BCUT2D eigenvalue weighted by atomic mass is 9.67. The van der Waals surface area contributed by atoms with Crippen LogP contribution < -0.4 is 11.1 Å². The summed E-state index contributed by atoms with van der Waals surface area (Å²) in [4.78, 5) is 17.1. The highest BCUT2D eigenvalue weighted by atomic mass is 16.4. The standard InChI is InChI=1S/C22H29N3O2/c1-14-22(15-6-3-2-4-7-15)27-20(24-14)11-10-19(26)25-21-16-8-5-9-17(21)13-18(23)12-16/h2-4,6-7,16-18,21H,5,8-13,23H2,1H3,(H,25,26). The lowest BCUT2D eigenvalue weighted by Gasteiger charge is -2.45. The van der Waals surface area contributed by atoms with Crippen molar-refractivity contribution in [2.45, 2.75) is 64.0 Å². The van der Waals surface area contributed by atoms with Gasteiger partial charge in [0, 0.05) is 30.5 Å². The molecule has 4 rings (SSSR count). The van der Waals surface area contributed by atoms with E-state index in [1.165, 1.54) is 19.3 Å². The first kappa shape index (κ1) is 18.2. The van der Waals surface area contributed by atoms with Crippen molar-refractivity contribution >= 4 is 5.91 Å². The number of nitrogens with zero attached hydrogens (tertiary/aromatic N) is 1. The van der Waals surface area contributed by atoms with Gasteiger partial charge in [-0.2, -0.15) is 0 Å². The van der Waals surface area contributed by atoms with Gasteiger partial charge in [0.25, 0.3) is 0 Å². The van der Waals surface area contributed by atoms with E-state index in [1.807, 2.05) is 37.3 Å². The molecule has 27 heavy (non-hydrogen) atoms. The molecular formula is C22H29N3O2. The molecule has 144 valence electrons. The van der Waals surface area contributed by atoms with Crippen LogP contribution in [0.2, 0.25) is 0 Å². The van der Waals surface area contributed by atoms with Gasteiger partial charge >= 0.3 is 0 Å². The molecule has 5 heteroatoms. The summed E-state index contributed by atoms with van der Waals surface area (Å²) in [6.07, 6.45) is 6.67. The van der Waals surface area contributed by atoms with E-state index in [4.69, 9.17) is 10.2 Å². The number of nitrogens with one attached hydrogen (secondary N) is 1. The summed E-state index contributed by atoms with van der Waals surface area (Å²) in [6.45, 7) is 1.95. The molecule has 2 atom stereocenters. The number of hydrogen-bond donors (Lipinski definition) is 2. The van der Waals surface area contributed by atoms with Crippen molar-refractivity contribution in [1.29, 1.82) is 0 Å². The second-order valence-electron chi connectivity index (χ2n) is 8.16. The van der Waals surface area contributed by atoms with Gasteiger partial charge in [0.1, 0.15) is 0 Å². The Balaban J connectivity index is 1.35. The van der Waals surface area contributed by atoms with Crippen LogP contribution in [-0.4, -0.2) is 23.0 Å². The smallest absolute Gasteiger partial charge is 0.220 e. The topological polar surface area (TPSA) is 81.2 Å². The van der Waals surface area contributed by atoms with Crippen LogP contribution in [-0.2, 0) is 11.2 Å². The normalized spacial score (nSPS) is 27.3. The first-order chi connectivity index (χ1) is 13.1. The van der Waals surface area contributed by atoms with Gasteiger partial charge in [-0.25, -0.2) is 4.98 Å². The van der Waals surface area contributed by atoms with Crippen molar-refractivity contribution in [3.05, 3.63) is 41.9 Å².